The zero-order valence-corrected chi connectivity index (χ0v) is 10.5. The van der Waals surface area contributed by atoms with Crippen molar-refractivity contribution in [3.63, 3.8) is 0 Å². The molecule has 0 aliphatic rings. The van der Waals surface area contributed by atoms with Crippen molar-refractivity contribution in [2.45, 2.75) is 32.3 Å². The molecule has 0 aliphatic carbocycles. The molecule has 17 heavy (non-hydrogen) atoms. The molecule has 1 atom stereocenters. The van der Waals surface area contributed by atoms with Gasteiger partial charge in [-0.2, -0.15) is 0 Å². The van der Waals surface area contributed by atoms with Crippen LogP contribution >= 0.6 is 0 Å². The van der Waals surface area contributed by atoms with Gasteiger partial charge in [0.2, 0.25) is 0 Å². The molecule has 0 aromatic carbocycles. The number of aromatic nitrogens is 2. The number of rotatable bonds is 2. The number of fused-ring (bicyclic) bond motifs is 1. The third-order valence-corrected chi connectivity index (χ3v) is 2.82. The van der Waals surface area contributed by atoms with Gasteiger partial charge in [-0.1, -0.05) is 26.8 Å². The van der Waals surface area contributed by atoms with E-state index in [0.717, 1.165) is 17.0 Å². The van der Waals surface area contributed by atoms with Crippen LogP contribution in [0.5, 0.6) is 0 Å². The van der Waals surface area contributed by atoms with Gasteiger partial charge in [-0.05, 0) is 12.1 Å². The molecule has 0 radical (unpaired) electrons. The fourth-order valence-corrected chi connectivity index (χ4v) is 1.98. The highest BCUT2D eigenvalue weighted by atomic mass is 16.3. The lowest BCUT2D eigenvalue weighted by atomic mass is 9.95. The lowest BCUT2D eigenvalue weighted by molar-refractivity contribution is 0.179. The van der Waals surface area contributed by atoms with Gasteiger partial charge in [-0.25, -0.2) is 4.98 Å². The molecule has 0 bridgehead atoms. The van der Waals surface area contributed by atoms with Crippen LogP contribution in [0.2, 0.25) is 0 Å². The highest BCUT2D eigenvalue weighted by Crippen LogP contribution is 2.25. The molecule has 0 aliphatic heterocycles. The molecule has 4 heteroatoms. The van der Waals surface area contributed by atoms with Crippen molar-refractivity contribution < 1.29 is 5.11 Å². The summed E-state index contributed by atoms with van der Waals surface area (Å²) in [5.41, 5.74) is 7.25. The van der Waals surface area contributed by atoms with Gasteiger partial charge in [0.15, 0.2) is 0 Å². The average Bonchev–Trinajstić information content (AvgIpc) is 2.70. The summed E-state index contributed by atoms with van der Waals surface area (Å²) in [5, 5.41) is 9.96. The minimum absolute atomic E-state index is 0.0726. The molecule has 0 amide bonds. The summed E-state index contributed by atoms with van der Waals surface area (Å²) in [7, 11) is 0. The SMILES string of the molecule is CC(C)(C)c1ncc2cccc(C(O)CN)n12. The van der Waals surface area contributed by atoms with Gasteiger partial charge < -0.3 is 10.8 Å². The Balaban J connectivity index is 2.72. The normalized spacial score (nSPS) is 14.2. The van der Waals surface area contributed by atoms with Crippen LogP contribution in [0.3, 0.4) is 0 Å². The Morgan fingerprint density at radius 2 is 2.12 bits per heavy atom. The zero-order chi connectivity index (χ0) is 12.6. The third kappa shape index (κ3) is 2.06. The van der Waals surface area contributed by atoms with Crippen molar-refractivity contribution in [2.24, 2.45) is 5.73 Å². The molecule has 92 valence electrons. The lowest BCUT2D eigenvalue weighted by Crippen LogP contribution is -2.20. The van der Waals surface area contributed by atoms with E-state index in [1.54, 1.807) is 0 Å². The van der Waals surface area contributed by atoms with Crippen LogP contribution in [0.15, 0.2) is 24.4 Å². The topological polar surface area (TPSA) is 63.5 Å². The number of hydrogen-bond acceptors (Lipinski definition) is 3. The Labute approximate surface area is 101 Å². The van der Waals surface area contributed by atoms with Crippen LogP contribution < -0.4 is 5.73 Å². The fraction of sp³-hybridized carbons (Fsp3) is 0.462. The molecule has 0 fully saturated rings. The Hall–Kier alpha value is -1.39. The van der Waals surface area contributed by atoms with E-state index < -0.39 is 6.10 Å². The summed E-state index contributed by atoms with van der Waals surface area (Å²) in [4.78, 5) is 4.45. The van der Waals surface area contributed by atoms with Crippen molar-refractivity contribution in [1.82, 2.24) is 9.38 Å². The largest absolute Gasteiger partial charge is 0.386 e. The number of nitrogens with two attached hydrogens (primary N) is 1. The second kappa shape index (κ2) is 4.13. The Kier molecular flexibility index (Phi) is 2.93. The van der Waals surface area contributed by atoms with E-state index in [-0.39, 0.29) is 12.0 Å². The van der Waals surface area contributed by atoms with Gasteiger partial charge in [-0.3, -0.25) is 4.40 Å². The van der Waals surface area contributed by atoms with Crippen LogP contribution in [0, 0.1) is 0 Å². The molecule has 0 spiro atoms. The molecule has 2 aromatic rings. The number of nitrogens with zero attached hydrogens (tertiary/aromatic N) is 2. The summed E-state index contributed by atoms with van der Waals surface area (Å²) >= 11 is 0. The monoisotopic (exact) mass is 233 g/mol. The molecule has 2 rings (SSSR count). The highest BCUT2D eigenvalue weighted by Gasteiger charge is 2.22. The summed E-state index contributed by atoms with van der Waals surface area (Å²) in [5.74, 6) is 0.940. The number of aliphatic hydroxyl groups excluding tert-OH is 1. The first-order valence-corrected chi connectivity index (χ1v) is 5.80. The Morgan fingerprint density at radius 1 is 1.41 bits per heavy atom. The first-order valence-electron chi connectivity index (χ1n) is 5.80. The summed E-state index contributed by atoms with van der Waals surface area (Å²) in [6.07, 6.45) is 1.17. The smallest absolute Gasteiger partial charge is 0.118 e. The van der Waals surface area contributed by atoms with E-state index >= 15 is 0 Å². The number of hydrogen-bond donors (Lipinski definition) is 2. The highest BCUT2D eigenvalue weighted by molar-refractivity contribution is 5.48. The van der Waals surface area contributed by atoms with Gasteiger partial charge in [0, 0.05) is 12.0 Å². The van der Waals surface area contributed by atoms with Crippen LogP contribution in [0.1, 0.15) is 38.4 Å². The molecule has 1 unspecified atom stereocenters. The second-order valence-electron chi connectivity index (χ2n) is 5.29. The molecule has 2 heterocycles. The van der Waals surface area contributed by atoms with Crippen LogP contribution in [0.4, 0.5) is 0 Å². The maximum atomic E-state index is 9.96. The van der Waals surface area contributed by atoms with E-state index in [1.807, 2.05) is 28.8 Å². The van der Waals surface area contributed by atoms with Crippen molar-refractivity contribution in [3.8, 4) is 0 Å². The van der Waals surface area contributed by atoms with Gasteiger partial charge in [0.05, 0.1) is 17.4 Å². The van der Waals surface area contributed by atoms with Gasteiger partial charge in [0.25, 0.3) is 0 Å². The maximum absolute atomic E-state index is 9.96. The average molecular weight is 233 g/mol. The Bertz CT molecular complexity index is 525. The molecular weight excluding hydrogens is 214 g/mol. The van der Waals surface area contributed by atoms with Crippen molar-refractivity contribution in [3.05, 3.63) is 35.9 Å². The maximum Gasteiger partial charge on any atom is 0.118 e. The molecular formula is C13H19N3O. The minimum atomic E-state index is -0.658. The van der Waals surface area contributed by atoms with E-state index in [4.69, 9.17) is 5.73 Å². The first-order chi connectivity index (χ1) is 7.95. The zero-order valence-electron chi connectivity index (χ0n) is 10.5. The Morgan fingerprint density at radius 3 is 2.71 bits per heavy atom. The van der Waals surface area contributed by atoms with Crippen LogP contribution in [-0.4, -0.2) is 21.0 Å². The van der Waals surface area contributed by atoms with Crippen molar-refractivity contribution >= 4 is 5.52 Å². The number of aliphatic hydroxyl groups is 1. The van der Waals surface area contributed by atoms with Gasteiger partial charge in [0.1, 0.15) is 11.9 Å². The molecule has 0 saturated carbocycles. The number of pyridine rings is 1. The molecule has 4 nitrogen and oxygen atoms in total. The fourth-order valence-electron chi connectivity index (χ4n) is 1.98. The molecule has 0 saturated heterocycles. The van der Waals surface area contributed by atoms with Crippen molar-refractivity contribution in [2.75, 3.05) is 6.54 Å². The molecule has 3 N–H and O–H groups in total. The van der Waals surface area contributed by atoms with E-state index in [9.17, 15) is 5.11 Å². The summed E-state index contributed by atoms with van der Waals surface area (Å²) in [6, 6.07) is 5.79. The molecule has 2 aromatic heterocycles. The minimum Gasteiger partial charge on any atom is -0.386 e. The van der Waals surface area contributed by atoms with E-state index in [2.05, 4.69) is 25.8 Å². The summed E-state index contributed by atoms with van der Waals surface area (Å²) < 4.78 is 2.00. The predicted octanol–water partition coefficient (Wildman–Crippen LogP) is 1.62. The van der Waals surface area contributed by atoms with Crippen LogP contribution in [-0.2, 0) is 5.41 Å². The second-order valence-corrected chi connectivity index (χ2v) is 5.29. The van der Waals surface area contributed by atoms with E-state index in [0.29, 0.717) is 0 Å². The van der Waals surface area contributed by atoms with Gasteiger partial charge in [-0.15, -0.1) is 0 Å². The van der Waals surface area contributed by atoms with Gasteiger partial charge >= 0.3 is 0 Å². The first kappa shape index (κ1) is 12.1. The van der Waals surface area contributed by atoms with Crippen molar-refractivity contribution in [1.29, 1.82) is 0 Å². The third-order valence-electron chi connectivity index (χ3n) is 2.82. The van der Waals surface area contributed by atoms with E-state index in [1.165, 1.54) is 0 Å². The number of imidazole rings is 1. The van der Waals surface area contributed by atoms with Crippen LogP contribution in [0.25, 0.3) is 5.52 Å². The lowest BCUT2D eigenvalue weighted by Gasteiger charge is -2.20. The quantitative estimate of drug-likeness (QED) is 0.828. The predicted molar refractivity (Wildman–Crippen MR) is 67.9 cm³/mol. The standard InChI is InChI=1S/C13H19N3O/c1-13(2,3)12-15-8-9-5-4-6-10(16(9)12)11(17)7-14/h4-6,8,11,17H,7,14H2,1-3H3. The summed E-state index contributed by atoms with van der Waals surface area (Å²) in [6.45, 7) is 6.52.